The highest BCUT2D eigenvalue weighted by Gasteiger charge is 2.24. The van der Waals surface area contributed by atoms with Gasteiger partial charge in [-0.3, -0.25) is 9.48 Å². The average Bonchev–Trinajstić information content (AvgIpc) is 2.84. The number of rotatable bonds is 5. The Kier molecular flexibility index (Phi) is 5.00. The fourth-order valence-corrected chi connectivity index (χ4v) is 3.00. The summed E-state index contributed by atoms with van der Waals surface area (Å²) < 4.78 is 26.2. The van der Waals surface area contributed by atoms with Crippen LogP contribution in [0.3, 0.4) is 0 Å². The van der Waals surface area contributed by atoms with Gasteiger partial charge < -0.3 is 4.90 Å². The Morgan fingerprint density at radius 3 is 2.90 bits per heavy atom. The Labute approximate surface area is 125 Å². The maximum Gasteiger partial charge on any atom is 0.223 e. The number of sulfonamides is 1. The SMILES string of the molecule is Cc1cnn([C@@H]2CCCN(C(=O)CCNS(C)(=O)=O)C2)c1. The second-order valence-electron chi connectivity index (χ2n) is 5.55. The molecule has 1 atom stereocenters. The Hall–Kier alpha value is -1.41. The molecule has 118 valence electrons. The number of hydrogen-bond donors (Lipinski definition) is 1. The standard InChI is InChI=1S/C13H22N4O3S/c1-11-8-14-17(9-11)12-4-3-7-16(10-12)13(18)5-6-15-21(2,19)20/h8-9,12,15H,3-7,10H2,1-2H3/t12-/m1/s1. The number of nitrogens with one attached hydrogen (secondary N) is 1. The lowest BCUT2D eigenvalue weighted by Crippen LogP contribution is -2.42. The van der Waals surface area contributed by atoms with Gasteiger partial charge in [0.1, 0.15) is 0 Å². The number of aromatic nitrogens is 2. The van der Waals surface area contributed by atoms with Crippen LogP contribution in [0.25, 0.3) is 0 Å². The quantitative estimate of drug-likeness (QED) is 0.847. The minimum Gasteiger partial charge on any atom is -0.341 e. The molecule has 1 aromatic rings. The first kappa shape index (κ1) is 16.0. The molecule has 1 amide bonds. The molecule has 2 rings (SSSR count). The van der Waals surface area contributed by atoms with E-state index in [2.05, 4.69) is 9.82 Å². The third kappa shape index (κ3) is 4.82. The molecule has 2 heterocycles. The molecule has 0 aliphatic carbocycles. The summed E-state index contributed by atoms with van der Waals surface area (Å²) in [6.45, 7) is 3.51. The van der Waals surface area contributed by atoms with Crippen molar-refractivity contribution in [2.45, 2.75) is 32.2 Å². The monoisotopic (exact) mass is 314 g/mol. The maximum absolute atomic E-state index is 12.1. The molecule has 1 aliphatic heterocycles. The zero-order chi connectivity index (χ0) is 15.5. The molecular weight excluding hydrogens is 292 g/mol. The van der Waals surface area contributed by atoms with Gasteiger partial charge in [-0.1, -0.05) is 0 Å². The van der Waals surface area contributed by atoms with Crippen LogP contribution in [-0.2, 0) is 14.8 Å². The molecule has 0 spiro atoms. The van der Waals surface area contributed by atoms with E-state index in [4.69, 9.17) is 0 Å². The molecule has 1 fully saturated rings. The Bertz CT molecular complexity index is 596. The van der Waals surface area contributed by atoms with Crippen molar-refractivity contribution in [1.82, 2.24) is 19.4 Å². The van der Waals surface area contributed by atoms with Crippen molar-refractivity contribution in [3.8, 4) is 0 Å². The van der Waals surface area contributed by atoms with Crippen molar-refractivity contribution < 1.29 is 13.2 Å². The molecular formula is C13H22N4O3S. The third-order valence-corrected chi connectivity index (χ3v) is 4.29. The van der Waals surface area contributed by atoms with E-state index in [0.29, 0.717) is 6.54 Å². The summed E-state index contributed by atoms with van der Waals surface area (Å²) in [7, 11) is -3.24. The summed E-state index contributed by atoms with van der Waals surface area (Å²) in [5, 5.41) is 4.31. The lowest BCUT2D eigenvalue weighted by Gasteiger charge is -2.33. The van der Waals surface area contributed by atoms with Crippen molar-refractivity contribution >= 4 is 15.9 Å². The van der Waals surface area contributed by atoms with Crippen LogP contribution in [0.1, 0.15) is 30.9 Å². The van der Waals surface area contributed by atoms with E-state index in [9.17, 15) is 13.2 Å². The highest BCUT2D eigenvalue weighted by atomic mass is 32.2. The molecule has 1 saturated heterocycles. The van der Waals surface area contributed by atoms with E-state index < -0.39 is 10.0 Å². The Morgan fingerprint density at radius 2 is 2.29 bits per heavy atom. The van der Waals surface area contributed by atoms with E-state index in [-0.39, 0.29) is 24.9 Å². The molecule has 7 nitrogen and oxygen atoms in total. The predicted molar refractivity (Wildman–Crippen MR) is 79.3 cm³/mol. The molecule has 0 radical (unpaired) electrons. The number of piperidine rings is 1. The van der Waals surface area contributed by atoms with Crippen LogP contribution in [0.15, 0.2) is 12.4 Å². The largest absolute Gasteiger partial charge is 0.341 e. The van der Waals surface area contributed by atoms with Crippen molar-refractivity contribution in [3.63, 3.8) is 0 Å². The number of aryl methyl sites for hydroxylation is 1. The second-order valence-corrected chi connectivity index (χ2v) is 7.38. The number of amides is 1. The van der Waals surface area contributed by atoms with Gasteiger partial charge in [0.2, 0.25) is 15.9 Å². The van der Waals surface area contributed by atoms with Gasteiger partial charge in [-0.25, -0.2) is 13.1 Å². The van der Waals surface area contributed by atoms with Crippen molar-refractivity contribution in [1.29, 1.82) is 0 Å². The summed E-state index contributed by atoms with van der Waals surface area (Å²) in [5.74, 6) is -0.0141. The summed E-state index contributed by atoms with van der Waals surface area (Å²) in [5.41, 5.74) is 1.11. The molecule has 0 saturated carbocycles. The van der Waals surface area contributed by atoms with Crippen LogP contribution in [0, 0.1) is 6.92 Å². The Morgan fingerprint density at radius 1 is 1.52 bits per heavy atom. The van der Waals surface area contributed by atoms with Gasteiger partial charge in [-0.15, -0.1) is 0 Å². The lowest BCUT2D eigenvalue weighted by atomic mass is 10.1. The topological polar surface area (TPSA) is 84.3 Å². The van der Waals surface area contributed by atoms with E-state index in [0.717, 1.165) is 31.2 Å². The molecule has 0 aromatic carbocycles. The first-order valence-electron chi connectivity index (χ1n) is 7.08. The Balaban J connectivity index is 1.87. The lowest BCUT2D eigenvalue weighted by molar-refractivity contribution is -0.132. The third-order valence-electron chi connectivity index (χ3n) is 3.56. The van der Waals surface area contributed by atoms with Crippen LogP contribution < -0.4 is 4.72 Å². The zero-order valence-corrected chi connectivity index (χ0v) is 13.3. The van der Waals surface area contributed by atoms with Crippen molar-refractivity contribution in [2.24, 2.45) is 0 Å². The first-order chi connectivity index (χ1) is 9.85. The van der Waals surface area contributed by atoms with Gasteiger partial charge in [0.25, 0.3) is 0 Å². The maximum atomic E-state index is 12.1. The number of nitrogens with zero attached hydrogens (tertiary/aromatic N) is 3. The average molecular weight is 314 g/mol. The number of carbonyl (C=O) groups excluding carboxylic acids is 1. The van der Waals surface area contributed by atoms with E-state index in [1.54, 1.807) is 4.90 Å². The van der Waals surface area contributed by atoms with Gasteiger partial charge in [-0.2, -0.15) is 5.10 Å². The van der Waals surface area contributed by atoms with Crippen molar-refractivity contribution in [2.75, 3.05) is 25.9 Å². The molecule has 1 N–H and O–H groups in total. The highest BCUT2D eigenvalue weighted by molar-refractivity contribution is 7.88. The smallest absolute Gasteiger partial charge is 0.223 e. The molecule has 1 aliphatic rings. The van der Waals surface area contributed by atoms with Gasteiger partial charge in [0.05, 0.1) is 18.5 Å². The normalized spacial score (nSPS) is 19.7. The molecule has 0 bridgehead atoms. The summed E-state index contributed by atoms with van der Waals surface area (Å²) in [6, 6.07) is 0.208. The van der Waals surface area contributed by atoms with Gasteiger partial charge in [0.15, 0.2) is 0 Å². The molecule has 21 heavy (non-hydrogen) atoms. The molecule has 0 unspecified atom stereocenters. The van der Waals surface area contributed by atoms with Crippen LogP contribution in [0.4, 0.5) is 0 Å². The van der Waals surface area contributed by atoms with Gasteiger partial charge in [0, 0.05) is 32.3 Å². The van der Waals surface area contributed by atoms with Crippen LogP contribution in [0.2, 0.25) is 0 Å². The van der Waals surface area contributed by atoms with E-state index in [1.165, 1.54) is 0 Å². The van der Waals surface area contributed by atoms with Gasteiger partial charge >= 0.3 is 0 Å². The summed E-state index contributed by atoms with van der Waals surface area (Å²) >= 11 is 0. The minimum absolute atomic E-state index is 0.0141. The number of likely N-dealkylation sites (tertiary alicyclic amines) is 1. The summed E-state index contributed by atoms with van der Waals surface area (Å²) in [4.78, 5) is 13.9. The van der Waals surface area contributed by atoms with Crippen LogP contribution in [-0.4, -0.2) is 54.9 Å². The van der Waals surface area contributed by atoms with E-state index in [1.807, 2.05) is 24.0 Å². The number of carbonyl (C=O) groups is 1. The predicted octanol–water partition coefficient (Wildman–Crippen LogP) is 0.294. The van der Waals surface area contributed by atoms with Crippen molar-refractivity contribution in [3.05, 3.63) is 18.0 Å². The van der Waals surface area contributed by atoms with Crippen LogP contribution in [0.5, 0.6) is 0 Å². The zero-order valence-electron chi connectivity index (χ0n) is 12.4. The fourth-order valence-electron chi connectivity index (χ4n) is 2.53. The first-order valence-corrected chi connectivity index (χ1v) is 8.97. The van der Waals surface area contributed by atoms with Gasteiger partial charge in [-0.05, 0) is 25.3 Å². The van der Waals surface area contributed by atoms with E-state index >= 15 is 0 Å². The highest BCUT2D eigenvalue weighted by Crippen LogP contribution is 2.21. The summed E-state index contributed by atoms with van der Waals surface area (Å²) in [6.07, 6.45) is 7.04. The second kappa shape index (κ2) is 6.57. The number of hydrogen-bond acceptors (Lipinski definition) is 4. The minimum atomic E-state index is -3.24. The fraction of sp³-hybridized carbons (Fsp3) is 0.692. The molecule has 1 aromatic heterocycles. The molecule has 8 heteroatoms. The van der Waals surface area contributed by atoms with Crippen LogP contribution >= 0.6 is 0 Å².